The predicted molar refractivity (Wildman–Crippen MR) is 59.8 cm³/mol. The van der Waals surface area contributed by atoms with E-state index >= 15 is 0 Å². The second-order valence-electron chi connectivity index (χ2n) is 6.06. The Morgan fingerprint density at radius 2 is 1.80 bits per heavy atom. The van der Waals surface area contributed by atoms with Gasteiger partial charge in [0.1, 0.15) is 0 Å². The molecule has 1 N–H and O–H groups in total. The molecule has 3 atom stereocenters. The molecule has 2 rings (SSSR count). The van der Waals surface area contributed by atoms with Crippen LogP contribution in [0.5, 0.6) is 0 Å². The van der Waals surface area contributed by atoms with Crippen molar-refractivity contribution in [3.63, 3.8) is 0 Å². The Hall–Kier alpha value is -0.120. The predicted octanol–water partition coefficient (Wildman–Crippen LogP) is 1.26. The quantitative estimate of drug-likeness (QED) is 0.749. The second kappa shape index (κ2) is 4.04. The van der Waals surface area contributed by atoms with Crippen LogP contribution in [0.1, 0.15) is 33.6 Å². The van der Waals surface area contributed by atoms with E-state index in [2.05, 4.69) is 25.7 Å². The molecule has 15 heavy (non-hydrogen) atoms. The number of rotatable bonds is 2. The van der Waals surface area contributed by atoms with Gasteiger partial charge < -0.3 is 9.84 Å². The van der Waals surface area contributed by atoms with Gasteiger partial charge in [-0.1, -0.05) is 20.8 Å². The molecule has 88 valence electrons. The van der Waals surface area contributed by atoms with Gasteiger partial charge in [-0.3, -0.25) is 4.90 Å². The smallest absolute Gasteiger partial charge is 0.0715 e. The van der Waals surface area contributed by atoms with Gasteiger partial charge in [-0.15, -0.1) is 0 Å². The maximum atomic E-state index is 10.0. The molecule has 0 amide bonds. The molecule has 2 saturated heterocycles. The van der Waals surface area contributed by atoms with Crippen LogP contribution in [0.2, 0.25) is 0 Å². The molecule has 3 heteroatoms. The van der Waals surface area contributed by atoms with Crippen molar-refractivity contribution in [2.45, 2.75) is 51.9 Å². The third kappa shape index (κ3) is 2.71. The van der Waals surface area contributed by atoms with E-state index in [0.29, 0.717) is 12.2 Å². The number of morpholine rings is 1. The second-order valence-corrected chi connectivity index (χ2v) is 6.06. The Balaban J connectivity index is 1.85. The van der Waals surface area contributed by atoms with Gasteiger partial charge in [0.15, 0.2) is 0 Å². The van der Waals surface area contributed by atoms with Gasteiger partial charge in [0.25, 0.3) is 0 Å². The first-order valence-electron chi connectivity index (χ1n) is 6.01. The van der Waals surface area contributed by atoms with E-state index < -0.39 is 0 Å². The normalized spacial score (nSPS) is 34.4. The SMILES string of the molecule is CC(C)(C)C(O)CN1CC2CCC(C1)O2. The van der Waals surface area contributed by atoms with Crippen molar-refractivity contribution in [3.8, 4) is 0 Å². The molecule has 2 bridgehead atoms. The minimum Gasteiger partial charge on any atom is -0.391 e. The van der Waals surface area contributed by atoms with E-state index in [-0.39, 0.29) is 11.5 Å². The van der Waals surface area contributed by atoms with E-state index in [9.17, 15) is 5.11 Å². The van der Waals surface area contributed by atoms with Crippen molar-refractivity contribution in [1.29, 1.82) is 0 Å². The molecular weight excluding hydrogens is 190 g/mol. The molecule has 0 aromatic rings. The zero-order valence-corrected chi connectivity index (χ0v) is 10.1. The lowest BCUT2D eigenvalue weighted by Crippen LogP contribution is -2.48. The Labute approximate surface area is 92.4 Å². The Bertz CT molecular complexity index is 212. The number of aliphatic hydroxyl groups excluding tert-OH is 1. The minimum atomic E-state index is -0.241. The summed E-state index contributed by atoms with van der Waals surface area (Å²) in [6.45, 7) is 9.07. The van der Waals surface area contributed by atoms with Crippen LogP contribution in [0.3, 0.4) is 0 Å². The molecule has 0 spiro atoms. The summed E-state index contributed by atoms with van der Waals surface area (Å²) in [4.78, 5) is 2.36. The molecule has 3 nitrogen and oxygen atoms in total. The third-order valence-electron chi connectivity index (χ3n) is 3.55. The highest BCUT2D eigenvalue weighted by molar-refractivity contribution is 4.87. The molecule has 2 heterocycles. The molecule has 2 fully saturated rings. The molecule has 0 radical (unpaired) electrons. The Kier molecular flexibility index (Phi) is 3.06. The number of aliphatic hydroxyl groups is 1. The van der Waals surface area contributed by atoms with E-state index in [1.807, 2.05) is 0 Å². The van der Waals surface area contributed by atoms with E-state index in [0.717, 1.165) is 19.6 Å². The highest BCUT2D eigenvalue weighted by atomic mass is 16.5. The lowest BCUT2D eigenvalue weighted by atomic mass is 9.89. The highest BCUT2D eigenvalue weighted by Crippen LogP contribution is 2.28. The van der Waals surface area contributed by atoms with Crippen molar-refractivity contribution < 1.29 is 9.84 Å². The maximum absolute atomic E-state index is 10.0. The zero-order valence-electron chi connectivity index (χ0n) is 10.1. The van der Waals surface area contributed by atoms with Crippen molar-refractivity contribution in [2.75, 3.05) is 19.6 Å². The number of hydrogen-bond acceptors (Lipinski definition) is 3. The average molecular weight is 213 g/mol. The average Bonchev–Trinajstić information content (AvgIpc) is 2.44. The van der Waals surface area contributed by atoms with Crippen LogP contribution in [0.4, 0.5) is 0 Å². The number of likely N-dealkylation sites (tertiary alicyclic amines) is 1. The molecule has 0 aromatic heterocycles. The maximum Gasteiger partial charge on any atom is 0.0715 e. The minimum absolute atomic E-state index is 0.0165. The zero-order chi connectivity index (χ0) is 11.1. The molecule has 2 aliphatic heterocycles. The fourth-order valence-corrected chi connectivity index (χ4v) is 2.37. The van der Waals surface area contributed by atoms with Gasteiger partial charge in [-0.25, -0.2) is 0 Å². The summed E-state index contributed by atoms with van der Waals surface area (Å²) < 4.78 is 5.77. The van der Waals surface area contributed by atoms with Gasteiger partial charge in [-0.05, 0) is 18.3 Å². The largest absolute Gasteiger partial charge is 0.391 e. The van der Waals surface area contributed by atoms with Crippen LogP contribution >= 0.6 is 0 Å². The molecule has 0 aromatic carbocycles. The van der Waals surface area contributed by atoms with E-state index in [1.165, 1.54) is 12.8 Å². The van der Waals surface area contributed by atoms with Gasteiger partial charge in [-0.2, -0.15) is 0 Å². The van der Waals surface area contributed by atoms with E-state index in [1.54, 1.807) is 0 Å². The first kappa shape index (κ1) is 11.4. The molecule has 0 saturated carbocycles. The Morgan fingerprint density at radius 3 is 2.27 bits per heavy atom. The fourth-order valence-electron chi connectivity index (χ4n) is 2.37. The van der Waals surface area contributed by atoms with Crippen molar-refractivity contribution in [1.82, 2.24) is 4.90 Å². The van der Waals surface area contributed by atoms with Crippen molar-refractivity contribution >= 4 is 0 Å². The number of β-amino-alcohol motifs (C(OH)–C–C–N with tert-alkyl or cyclic N) is 1. The summed E-state index contributed by atoms with van der Waals surface area (Å²) in [5.74, 6) is 0. The first-order valence-corrected chi connectivity index (χ1v) is 6.01. The summed E-state index contributed by atoms with van der Waals surface area (Å²) in [7, 11) is 0. The van der Waals surface area contributed by atoms with Crippen LogP contribution in [0, 0.1) is 5.41 Å². The molecule has 0 aliphatic carbocycles. The van der Waals surface area contributed by atoms with Crippen molar-refractivity contribution in [2.24, 2.45) is 5.41 Å². The first-order chi connectivity index (χ1) is 6.95. The molecular formula is C12H23NO2. The summed E-state index contributed by atoms with van der Waals surface area (Å²) in [6.07, 6.45) is 3.02. The third-order valence-corrected chi connectivity index (χ3v) is 3.55. The molecule has 3 unspecified atom stereocenters. The standard InChI is InChI=1S/C12H23NO2/c1-12(2,3)11(14)8-13-6-9-4-5-10(7-13)15-9/h9-11,14H,4-8H2,1-3H3. The number of nitrogens with zero attached hydrogens (tertiary/aromatic N) is 1. The van der Waals surface area contributed by atoms with Crippen LogP contribution in [0.25, 0.3) is 0 Å². The van der Waals surface area contributed by atoms with Crippen LogP contribution in [-0.2, 0) is 4.74 Å². The van der Waals surface area contributed by atoms with Gasteiger partial charge in [0.2, 0.25) is 0 Å². The highest BCUT2D eigenvalue weighted by Gasteiger charge is 2.35. The Morgan fingerprint density at radius 1 is 1.27 bits per heavy atom. The number of hydrogen-bond donors (Lipinski definition) is 1. The van der Waals surface area contributed by atoms with Crippen LogP contribution in [0.15, 0.2) is 0 Å². The summed E-state index contributed by atoms with van der Waals surface area (Å²) in [6, 6.07) is 0. The van der Waals surface area contributed by atoms with Crippen LogP contribution < -0.4 is 0 Å². The monoisotopic (exact) mass is 213 g/mol. The molecule has 2 aliphatic rings. The van der Waals surface area contributed by atoms with E-state index in [4.69, 9.17) is 4.74 Å². The topological polar surface area (TPSA) is 32.7 Å². The number of fused-ring (bicyclic) bond motifs is 2. The van der Waals surface area contributed by atoms with Crippen LogP contribution in [-0.4, -0.2) is 48.0 Å². The van der Waals surface area contributed by atoms with Crippen molar-refractivity contribution in [3.05, 3.63) is 0 Å². The van der Waals surface area contributed by atoms with Gasteiger partial charge in [0.05, 0.1) is 18.3 Å². The fraction of sp³-hybridized carbons (Fsp3) is 1.00. The summed E-state index contributed by atoms with van der Waals surface area (Å²) >= 11 is 0. The van der Waals surface area contributed by atoms with Gasteiger partial charge in [0, 0.05) is 19.6 Å². The summed E-state index contributed by atoms with van der Waals surface area (Å²) in [5, 5.41) is 10.0. The lowest BCUT2D eigenvalue weighted by molar-refractivity contribution is -0.0612. The van der Waals surface area contributed by atoms with Gasteiger partial charge >= 0.3 is 0 Å². The lowest BCUT2D eigenvalue weighted by Gasteiger charge is -2.36. The number of ether oxygens (including phenoxy) is 1. The summed E-state index contributed by atoms with van der Waals surface area (Å²) in [5.41, 5.74) is -0.0165.